The van der Waals surface area contributed by atoms with Crippen LogP contribution < -0.4 is 5.32 Å². The zero-order valence-electron chi connectivity index (χ0n) is 17.2. The first-order valence-corrected chi connectivity index (χ1v) is 11.3. The number of aryl methyl sites for hydroxylation is 2. The molecule has 162 valence electrons. The number of nitrogens with zero attached hydrogens (tertiary/aromatic N) is 5. The van der Waals surface area contributed by atoms with Crippen LogP contribution in [0, 0.1) is 13.8 Å². The molecule has 1 amide bonds. The minimum atomic E-state index is -0.385. The maximum Gasteiger partial charge on any atom is 0.278 e. The molecule has 1 N–H and O–H groups in total. The number of carbonyl (C=O) groups is 1. The van der Waals surface area contributed by atoms with E-state index in [2.05, 4.69) is 25.6 Å². The van der Waals surface area contributed by atoms with E-state index in [4.69, 9.17) is 23.2 Å². The van der Waals surface area contributed by atoms with E-state index >= 15 is 0 Å². The molecule has 7 nitrogen and oxygen atoms in total. The van der Waals surface area contributed by atoms with E-state index in [0.29, 0.717) is 38.0 Å². The second-order valence-corrected chi connectivity index (χ2v) is 8.75. The first-order chi connectivity index (χ1) is 15.4. The molecule has 0 saturated carbocycles. The lowest BCUT2D eigenvalue weighted by atomic mass is 10.2. The molecule has 0 unspecified atom stereocenters. The van der Waals surface area contributed by atoms with Crippen LogP contribution in [-0.4, -0.2) is 30.9 Å². The van der Waals surface area contributed by atoms with Crippen LogP contribution in [0.4, 0.5) is 5.69 Å². The molecule has 10 heteroatoms. The summed E-state index contributed by atoms with van der Waals surface area (Å²) in [5.74, 6) is -0.0100. The smallest absolute Gasteiger partial charge is 0.278 e. The number of hydrogen-bond donors (Lipinski definition) is 1. The maximum atomic E-state index is 13.1. The van der Waals surface area contributed by atoms with Gasteiger partial charge in [-0.1, -0.05) is 52.3 Å². The Morgan fingerprint density at radius 3 is 2.56 bits per heavy atom. The summed E-state index contributed by atoms with van der Waals surface area (Å²) in [6, 6.07) is 12.6. The lowest BCUT2D eigenvalue weighted by Crippen LogP contribution is -2.16. The van der Waals surface area contributed by atoms with E-state index in [0.717, 1.165) is 11.1 Å². The topological polar surface area (TPSA) is 85.6 Å². The number of carbonyl (C=O) groups excluding carboxylic acids is 1. The minimum absolute atomic E-state index is 0.199. The van der Waals surface area contributed by atoms with Gasteiger partial charge in [-0.15, -0.1) is 5.10 Å². The third-order valence-electron chi connectivity index (χ3n) is 4.71. The van der Waals surface area contributed by atoms with Crippen LogP contribution in [0.3, 0.4) is 0 Å². The van der Waals surface area contributed by atoms with Crippen molar-refractivity contribution in [2.75, 3.05) is 5.32 Å². The number of halogens is 2. The Balaban J connectivity index is 1.70. The summed E-state index contributed by atoms with van der Waals surface area (Å²) in [6.07, 6.45) is 3.33. The fourth-order valence-electron chi connectivity index (χ4n) is 2.93. The number of nitrogens with one attached hydrogen (secondary N) is 1. The van der Waals surface area contributed by atoms with Crippen molar-refractivity contribution in [3.8, 4) is 5.69 Å². The molecular formula is C22H18Cl2N6OS. The molecule has 0 spiro atoms. The average Bonchev–Trinajstić information content (AvgIpc) is 3.21. The second-order valence-electron chi connectivity index (χ2n) is 6.96. The molecule has 0 aliphatic rings. The number of amides is 1. The Kier molecular flexibility index (Phi) is 6.74. The van der Waals surface area contributed by atoms with E-state index < -0.39 is 0 Å². The van der Waals surface area contributed by atoms with Crippen LogP contribution in [0.25, 0.3) is 5.69 Å². The second kappa shape index (κ2) is 9.68. The van der Waals surface area contributed by atoms with Gasteiger partial charge >= 0.3 is 0 Å². The van der Waals surface area contributed by atoms with Crippen molar-refractivity contribution < 1.29 is 4.79 Å². The fraction of sp³-hybridized carbons (Fsp3) is 0.136. The van der Waals surface area contributed by atoms with Gasteiger partial charge in [0.15, 0.2) is 10.9 Å². The normalized spacial score (nSPS) is 10.9. The van der Waals surface area contributed by atoms with Crippen LogP contribution in [0.15, 0.2) is 60.0 Å². The summed E-state index contributed by atoms with van der Waals surface area (Å²) in [4.78, 5) is 21.6. The molecular weight excluding hydrogens is 467 g/mol. The third-order valence-corrected chi connectivity index (χ3v) is 6.24. The van der Waals surface area contributed by atoms with Crippen LogP contribution >= 0.6 is 35.0 Å². The van der Waals surface area contributed by atoms with Gasteiger partial charge in [-0.3, -0.25) is 4.79 Å². The number of benzene rings is 2. The van der Waals surface area contributed by atoms with Crippen molar-refractivity contribution in [1.82, 2.24) is 25.0 Å². The molecule has 4 rings (SSSR count). The summed E-state index contributed by atoms with van der Waals surface area (Å²) in [7, 11) is 0. The minimum Gasteiger partial charge on any atom is -0.320 e. The highest BCUT2D eigenvalue weighted by atomic mass is 35.5. The standard InChI is InChI=1S/C22H18Cl2N6OS/c1-13-5-7-16(11-17(13)24)30-19(12-32-22-25-8-3-9-26-22)20(28-29-30)21(31)27-18-10-15(23)6-4-14(18)2/h3-11H,12H2,1-2H3,(H,27,31). The highest BCUT2D eigenvalue weighted by Gasteiger charge is 2.22. The van der Waals surface area contributed by atoms with Crippen molar-refractivity contribution in [2.24, 2.45) is 0 Å². The molecule has 0 aliphatic carbocycles. The maximum absolute atomic E-state index is 13.1. The molecule has 4 aromatic rings. The molecule has 2 aromatic heterocycles. The van der Waals surface area contributed by atoms with Crippen LogP contribution in [0.5, 0.6) is 0 Å². The van der Waals surface area contributed by atoms with Crippen molar-refractivity contribution in [3.63, 3.8) is 0 Å². The molecule has 0 fully saturated rings. The number of aromatic nitrogens is 5. The number of anilines is 1. The molecule has 2 aromatic carbocycles. The molecule has 0 bridgehead atoms. The summed E-state index contributed by atoms with van der Waals surface area (Å²) in [6.45, 7) is 3.81. The van der Waals surface area contributed by atoms with Crippen molar-refractivity contribution in [1.29, 1.82) is 0 Å². The van der Waals surface area contributed by atoms with E-state index in [1.165, 1.54) is 11.8 Å². The SMILES string of the molecule is Cc1ccc(-n2nnc(C(=O)Nc3cc(Cl)ccc3C)c2CSc2ncccn2)cc1Cl. The van der Waals surface area contributed by atoms with E-state index in [1.54, 1.807) is 41.3 Å². The van der Waals surface area contributed by atoms with E-state index in [-0.39, 0.29) is 11.6 Å². The summed E-state index contributed by atoms with van der Waals surface area (Å²) in [5, 5.41) is 13.0. The van der Waals surface area contributed by atoms with Crippen LogP contribution in [0.2, 0.25) is 10.0 Å². The Bertz CT molecular complexity index is 1280. The van der Waals surface area contributed by atoms with Crippen LogP contribution in [0.1, 0.15) is 27.3 Å². The number of hydrogen-bond acceptors (Lipinski definition) is 6. The zero-order chi connectivity index (χ0) is 22.7. The van der Waals surface area contributed by atoms with Crippen LogP contribution in [-0.2, 0) is 5.75 Å². The quantitative estimate of drug-likeness (QED) is 0.286. The van der Waals surface area contributed by atoms with Crippen molar-refractivity contribution in [3.05, 3.63) is 87.4 Å². The van der Waals surface area contributed by atoms with Gasteiger partial charge in [0.25, 0.3) is 5.91 Å². The van der Waals surface area contributed by atoms with Gasteiger partial charge < -0.3 is 5.32 Å². The van der Waals surface area contributed by atoms with Gasteiger partial charge in [-0.2, -0.15) is 0 Å². The van der Waals surface area contributed by atoms with Gasteiger partial charge in [0.2, 0.25) is 0 Å². The largest absolute Gasteiger partial charge is 0.320 e. The molecule has 0 saturated heterocycles. The molecule has 2 heterocycles. The van der Waals surface area contributed by atoms with Gasteiger partial charge in [-0.05, 0) is 55.3 Å². The van der Waals surface area contributed by atoms with Gasteiger partial charge in [0.1, 0.15) is 0 Å². The lowest BCUT2D eigenvalue weighted by Gasteiger charge is -2.10. The first kappa shape index (κ1) is 22.3. The van der Waals surface area contributed by atoms with Crippen molar-refractivity contribution in [2.45, 2.75) is 24.8 Å². The van der Waals surface area contributed by atoms with Crippen molar-refractivity contribution >= 4 is 46.6 Å². The third kappa shape index (κ3) is 4.93. The molecule has 0 radical (unpaired) electrons. The monoisotopic (exact) mass is 484 g/mol. The number of thioether (sulfide) groups is 1. The highest BCUT2D eigenvalue weighted by molar-refractivity contribution is 7.98. The lowest BCUT2D eigenvalue weighted by molar-refractivity contribution is 0.102. The Hall–Kier alpha value is -2.94. The molecule has 0 atom stereocenters. The Morgan fingerprint density at radius 2 is 1.81 bits per heavy atom. The first-order valence-electron chi connectivity index (χ1n) is 9.61. The van der Waals surface area contributed by atoms with E-state index in [1.807, 2.05) is 32.0 Å². The summed E-state index contributed by atoms with van der Waals surface area (Å²) in [5.41, 5.74) is 3.94. The van der Waals surface area contributed by atoms with Gasteiger partial charge in [0, 0.05) is 33.9 Å². The zero-order valence-corrected chi connectivity index (χ0v) is 19.5. The summed E-state index contributed by atoms with van der Waals surface area (Å²) < 4.78 is 1.61. The van der Waals surface area contributed by atoms with E-state index in [9.17, 15) is 4.79 Å². The average molecular weight is 485 g/mol. The summed E-state index contributed by atoms with van der Waals surface area (Å²) >= 11 is 13.8. The predicted octanol–water partition coefficient (Wildman–Crippen LogP) is 5.53. The number of rotatable bonds is 6. The highest BCUT2D eigenvalue weighted by Crippen LogP contribution is 2.26. The van der Waals surface area contributed by atoms with Gasteiger partial charge in [-0.25, -0.2) is 14.6 Å². The molecule has 0 aliphatic heterocycles. The Labute approximate surface area is 199 Å². The Morgan fingerprint density at radius 1 is 1.06 bits per heavy atom. The predicted molar refractivity (Wildman–Crippen MR) is 127 cm³/mol. The molecule has 32 heavy (non-hydrogen) atoms. The fourth-order valence-corrected chi connectivity index (χ4v) is 4.07. The van der Waals surface area contributed by atoms with Gasteiger partial charge in [0.05, 0.1) is 11.4 Å².